The van der Waals surface area contributed by atoms with Crippen molar-refractivity contribution in [3.05, 3.63) is 41.3 Å². The highest BCUT2D eigenvalue weighted by molar-refractivity contribution is 5.49. The lowest BCUT2D eigenvalue weighted by Crippen LogP contribution is -2.12. The number of fused-ring (bicyclic) bond motifs is 2. The number of anilines is 1. The number of rotatable bonds is 3. The monoisotopic (exact) mass is 283 g/mol. The van der Waals surface area contributed by atoms with Gasteiger partial charge in [0.2, 0.25) is 6.79 Å². The van der Waals surface area contributed by atoms with Crippen molar-refractivity contribution in [3.8, 4) is 11.5 Å². The molecule has 0 fully saturated rings. The van der Waals surface area contributed by atoms with Crippen LogP contribution in [0.1, 0.15) is 29.7 Å². The van der Waals surface area contributed by atoms with E-state index in [1.165, 1.54) is 24.1 Å². The minimum absolute atomic E-state index is 0.311. The molecule has 4 rings (SSSR count). The lowest BCUT2D eigenvalue weighted by molar-refractivity contribution is 0.174. The first-order valence-electron chi connectivity index (χ1n) is 7.35. The van der Waals surface area contributed by atoms with Gasteiger partial charge < -0.3 is 14.8 Å². The summed E-state index contributed by atoms with van der Waals surface area (Å²) in [6.45, 7) is 1.03. The molecular formula is C16H17N3O2. The van der Waals surface area contributed by atoms with Crippen molar-refractivity contribution in [3.63, 3.8) is 0 Å². The van der Waals surface area contributed by atoms with E-state index in [1.54, 1.807) is 6.33 Å². The van der Waals surface area contributed by atoms with Crippen LogP contribution >= 0.6 is 0 Å². The molecule has 0 atom stereocenters. The van der Waals surface area contributed by atoms with Crippen LogP contribution in [0.5, 0.6) is 11.5 Å². The van der Waals surface area contributed by atoms with E-state index in [0.29, 0.717) is 6.79 Å². The molecule has 1 aromatic carbocycles. The van der Waals surface area contributed by atoms with Crippen LogP contribution < -0.4 is 14.8 Å². The first kappa shape index (κ1) is 12.4. The Bertz CT molecular complexity index is 673. The number of hydrogen-bond donors (Lipinski definition) is 1. The standard InChI is InChI=1S/C16H17N3O2/c1-2-4-13-12(3-1)16(19-9-18-13)17-8-11-5-6-14-15(7-11)21-10-20-14/h5-7,9H,1-4,8,10H2,(H,17,18,19). The molecule has 0 amide bonds. The SMILES string of the molecule is c1nc2c(c(NCc3ccc4c(c3)OCO4)n1)CCCC2. The Morgan fingerprint density at radius 1 is 1.05 bits per heavy atom. The molecule has 0 unspecified atom stereocenters. The van der Waals surface area contributed by atoms with Crippen molar-refractivity contribution in [2.75, 3.05) is 12.1 Å². The second-order valence-electron chi connectivity index (χ2n) is 5.40. The zero-order chi connectivity index (χ0) is 14.1. The number of nitrogens with zero attached hydrogens (tertiary/aromatic N) is 2. The highest BCUT2D eigenvalue weighted by Gasteiger charge is 2.16. The molecule has 1 aliphatic heterocycles. The molecule has 2 aromatic rings. The third kappa shape index (κ3) is 2.39. The summed E-state index contributed by atoms with van der Waals surface area (Å²) < 4.78 is 10.7. The zero-order valence-corrected chi connectivity index (χ0v) is 11.8. The molecule has 0 radical (unpaired) electrons. The lowest BCUT2D eigenvalue weighted by Gasteiger charge is -2.18. The van der Waals surface area contributed by atoms with Crippen LogP contribution in [-0.4, -0.2) is 16.8 Å². The van der Waals surface area contributed by atoms with Crippen LogP contribution in [0.4, 0.5) is 5.82 Å². The normalized spacial score (nSPS) is 15.6. The maximum atomic E-state index is 5.41. The predicted octanol–water partition coefficient (Wildman–Crippen LogP) is 2.70. The van der Waals surface area contributed by atoms with Gasteiger partial charge in [0, 0.05) is 17.8 Å². The number of benzene rings is 1. The summed E-state index contributed by atoms with van der Waals surface area (Å²) in [7, 11) is 0. The minimum atomic E-state index is 0.311. The summed E-state index contributed by atoms with van der Waals surface area (Å²) in [4.78, 5) is 8.80. The second-order valence-corrected chi connectivity index (χ2v) is 5.40. The molecule has 1 N–H and O–H groups in total. The van der Waals surface area contributed by atoms with E-state index in [-0.39, 0.29) is 0 Å². The summed E-state index contributed by atoms with van der Waals surface area (Å²) in [6.07, 6.45) is 6.24. The number of nitrogens with one attached hydrogen (secondary N) is 1. The third-order valence-electron chi connectivity index (χ3n) is 4.02. The zero-order valence-electron chi connectivity index (χ0n) is 11.8. The predicted molar refractivity (Wildman–Crippen MR) is 78.6 cm³/mol. The summed E-state index contributed by atoms with van der Waals surface area (Å²) in [5, 5.41) is 3.43. The van der Waals surface area contributed by atoms with Gasteiger partial charge in [0.1, 0.15) is 12.1 Å². The van der Waals surface area contributed by atoms with Crippen LogP contribution in [0.3, 0.4) is 0 Å². The maximum Gasteiger partial charge on any atom is 0.231 e. The lowest BCUT2D eigenvalue weighted by atomic mass is 9.96. The molecule has 2 aliphatic rings. The Balaban J connectivity index is 1.52. The first-order valence-corrected chi connectivity index (χ1v) is 7.35. The Morgan fingerprint density at radius 3 is 2.95 bits per heavy atom. The Hall–Kier alpha value is -2.30. The van der Waals surface area contributed by atoms with Crippen molar-refractivity contribution in [1.29, 1.82) is 0 Å². The number of ether oxygens (including phenoxy) is 2. The van der Waals surface area contributed by atoms with Crippen molar-refractivity contribution < 1.29 is 9.47 Å². The van der Waals surface area contributed by atoms with E-state index in [1.807, 2.05) is 18.2 Å². The van der Waals surface area contributed by atoms with E-state index in [9.17, 15) is 0 Å². The van der Waals surface area contributed by atoms with Gasteiger partial charge in [-0.25, -0.2) is 9.97 Å². The van der Waals surface area contributed by atoms with Crippen LogP contribution in [0.15, 0.2) is 24.5 Å². The third-order valence-corrected chi connectivity index (χ3v) is 4.02. The molecule has 1 aliphatic carbocycles. The topological polar surface area (TPSA) is 56.3 Å². The smallest absolute Gasteiger partial charge is 0.231 e. The van der Waals surface area contributed by atoms with Gasteiger partial charge in [-0.1, -0.05) is 6.07 Å². The van der Waals surface area contributed by atoms with Crippen LogP contribution in [0.2, 0.25) is 0 Å². The second kappa shape index (κ2) is 5.24. The number of aryl methyl sites for hydroxylation is 1. The number of aromatic nitrogens is 2. The van der Waals surface area contributed by atoms with Crippen molar-refractivity contribution in [2.24, 2.45) is 0 Å². The molecule has 21 heavy (non-hydrogen) atoms. The molecule has 0 saturated heterocycles. The number of hydrogen-bond acceptors (Lipinski definition) is 5. The fourth-order valence-electron chi connectivity index (χ4n) is 2.91. The van der Waals surface area contributed by atoms with Gasteiger partial charge in [0.15, 0.2) is 11.5 Å². The van der Waals surface area contributed by atoms with Gasteiger partial charge in [0.05, 0.1) is 0 Å². The van der Waals surface area contributed by atoms with Crippen molar-refractivity contribution in [2.45, 2.75) is 32.2 Å². The van der Waals surface area contributed by atoms with E-state index >= 15 is 0 Å². The summed E-state index contributed by atoms with van der Waals surface area (Å²) in [5.41, 5.74) is 3.64. The van der Waals surface area contributed by atoms with Crippen LogP contribution in [0.25, 0.3) is 0 Å². The van der Waals surface area contributed by atoms with E-state index < -0.39 is 0 Å². The first-order chi connectivity index (χ1) is 10.4. The molecule has 0 spiro atoms. The van der Waals surface area contributed by atoms with Gasteiger partial charge in [-0.3, -0.25) is 0 Å². The van der Waals surface area contributed by atoms with Gasteiger partial charge in [-0.2, -0.15) is 0 Å². The summed E-state index contributed by atoms with van der Waals surface area (Å²) in [5.74, 6) is 2.61. The van der Waals surface area contributed by atoms with Gasteiger partial charge in [-0.15, -0.1) is 0 Å². The van der Waals surface area contributed by atoms with Gasteiger partial charge >= 0.3 is 0 Å². The molecule has 5 heteroatoms. The van der Waals surface area contributed by atoms with Crippen molar-refractivity contribution >= 4 is 5.82 Å². The highest BCUT2D eigenvalue weighted by Crippen LogP contribution is 2.33. The average molecular weight is 283 g/mol. The molecule has 0 bridgehead atoms. The Morgan fingerprint density at radius 2 is 1.95 bits per heavy atom. The van der Waals surface area contributed by atoms with Crippen LogP contribution in [0, 0.1) is 0 Å². The minimum Gasteiger partial charge on any atom is -0.454 e. The molecule has 5 nitrogen and oxygen atoms in total. The van der Waals surface area contributed by atoms with E-state index in [2.05, 4.69) is 15.3 Å². The highest BCUT2D eigenvalue weighted by atomic mass is 16.7. The molecule has 0 saturated carbocycles. The fraction of sp³-hybridized carbons (Fsp3) is 0.375. The van der Waals surface area contributed by atoms with E-state index in [0.717, 1.165) is 42.3 Å². The van der Waals surface area contributed by atoms with Gasteiger partial charge in [0.25, 0.3) is 0 Å². The molecule has 108 valence electrons. The average Bonchev–Trinajstić information content (AvgIpc) is 3.00. The summed E-state index contributed by atoms with van der Waals surface area (Å²) in [6, 6.07) is 6.02. The molecule has 1 aromatic heterocycles. The quantitative estimate of drug-likeness (QED) is 0.938. The van der Waals surface area contributed by atoms with Crippen LogP contribution in [-0.2, 0) is 19.4 Å². The largest absolute Gasteiger partial charge is 0.454 e. The van der Waals surface area contributed by atoms with Crippen molar-refractivity contribution in [1.82, 2.24) is 9.97 Å². The Kier molecular flexibility index (Phi) is 3.10. The summed E-state index contributed by atoms with van der Waals surface area (Å²) >= 11 is 0. The molecular weight excluding hydrogens is 266 g/mol. The molecule has 2 heterocycles. The van der Waals surface area contributed by atoms with E-state index in [4.69, 9.17) is 9.47 Å². The fourth-order valence-corrected chi connectivity index (χ4v) is 2.91. The Labute approximate surface area is 123 Å². The van der Waals surface area contributed by atoms with Gasteiger partial charge in [-0.05, 0) is 43.4 Å². The maximum absolute atomic E-state index is 5.41.